The number of nitro groups is 1. The van der Waals surface area contributed by atoms with Crippen LogP contribution in [0.1, 0.15) is 11.5 Å². The van der Waals surface area contributed by atoms with E-state index in [1.165, 1.54) is 19.3 Å². The molecular formula is C17H10ClN2O6-. The molecule has 2 aromatic carbocycles. The van der Waals surface area contributed by atoms with Gasteiger partial charge in [0.1, 0.15) is 10.8 Å². The molecule has 0 aliphatic carbocycles. The van der Waals surface area contributed by atoms with E-state index in [2.05, 4.69) is 4.98 Å². The number of para-hydroxylation sites is 1. The minimum absolute atomic E-state index is 0.0668. The van der Waals surface area contributed by atoms with Crippen LogP contribution in [0.4, 0.5) is 5.69 Å². The van der Waals surface area contributed by atoms with Crippen LogP contribution < -0.4 is 15.5 Å². The Balaban J connectivity index is 2.12. The minimum Gasteiger partial charge on any atom is -0.865 e. The Morgan fingerprint density at radius 1 is 1.35 bits per heavy atom. The predicted molar refractivity (Wildman–Crippen MR) is 93.1 cm³/mol. The van der Waals surface area contributed by atoms with Gasteiger partial charge in [-0.1, -0.05) is 23.7 Å². The van der Waals surface area contributed by atoms with E-state index < -0.39 is 22.0 Å². The van der Waals surface area contributed by atoms with E-state index in [1.807, 2.05) is 0 Å². The predicted octanol–water partition coefficient (Wildman–Crippen LogP) is 2.92. The zero-order chi connectivity index (χ0) is 18.8. The van der Waals surface area contributed by atoms with Crippen molar-refractivity contribution >= 4 is 39.3 Å². The van der Waals surface area contributed by atoms with E-state index in [-0.39, 0.29) is 22.2 Å². The van der Waals surface area contributed by atoms with Crippen molar-refractivity contribution in [2.45, 2.75) is 0 Å². The average molecular weight is 374 g/mol. The summed E-state index contributed by atoms with van der Waals surface area (Å²) in [6, 6.07) is 8.91. The number of hydrogen-bond acceptors (Lipinski definition) is 7. The van der Waals surface area contributed by atoms with Crippen molar-refractivity contribution in [3.63, 3.8) is 0 Å². The van der Waals surface area contributed by atoms with Crippen LogP contribution in [0.2, 0.25) is 0 Å². The largest absolute Gasteiger partial charge is 0.865 e. The zero-order valence-electron chi connectivity index (χ0n) is 13.3. The summed E-state index contributed by atoms with van der Waals surface area (Å²) in [6.07, 6.45) is 1.29. The van der Waals surface area contributed by atoms with Gasteiger partial charge in [-0.25, -0.2) is 9.78 Å². The lowest BCUT2D eigenvalue weighted by Gasteiger charge is -2.13. The summed E-state index contributed by atoms with van der Waals surface area (Å²) in [6.45, 7) is 0. The lowest BCUT2D eigenvalue weighted by molar-refractivity contribution is -0.398. The van der Waals surface area contributed by atoms with E-state index in [1.54, 1.807) is 24.3 Å². The van der Waals surface area contributed by atoms with Crippen molar-refractivity contribution in [1.29, 1.82) is 0 Å². The first-order valence-corrected chi connectivity index (χ1v) is 7.59. The highest BCUT2D eigenvalue weighted by molar-refractivity contribution is 6.50. The third kappa shape index (κ3) is 3.22. The van der Waals surface area contributed by atoms with Crippen LogP contribution >= 0.6 is 11.6 Å². The van der Waals surface area contributed by atoms with Crippen molar-refractivity contribution in [2.24, 2.45) is 0 Å². The number of halogens is 1. The molecule has 0 radical (unpaired) electrons. The van der Waals surface area contributed by atoms with Crippen molar-refractivity contribution in [3.8, 4) is 11.5 Å². The third-order valence-electron chi connectivity index (χ3n) is 3.51. The number of nitro benzene ring substituents is 1. The van der Waals surface area contributed by atoms with E-state index >= 15 is 0 Å². The van der Waals surface area contributed by atoms with Crippen LogP contribution in [0.3, 0.4) is 0 Å². The summed E-state index contributed by atoms with van der Waals surface area (Å²) < 4.78 is 9.95. The standard InChI is InChI=1S/C17H11ClN2O6/c1-25-14-8-9(7-13(15(14)21)20(23)24)6-11(18)16-19-12-5-3-2-4-10(12)17(22)26-16/h2-8,21H,1H3/p-1/b11-6-. The number of hydrogen-bond donors (Lipinski definition) is 0. The molecule has 3 rings (SSSR count). The van der Waals surface area contributed by atoms with Crippen LogP contribution in [0.15, 0.2) is 45.6 Å². The average Bonchev–Trinajstić information content (AvgIpc) is 2.62. The number of nitrogens with zero attached hydrogens (tertiary/aromatic N) is 2. The van der Waals surface area contributed by atoms with Crippen molar-refractivity contribution in [1.82, 2.24) is 4.98 Å². The molecule has 0 spiro atoms. The molecule has 0 aliphatic rings. The Morgan fingerprint density at radius 3 is 2.77 bits per heavy atom. The third-order valence-corrected chi connectivity index (χ3v) is 3.78. The highest BCUT2D eigenvalue weighted by Crippen LogP contribution is 2.36. The second-order valence-corrected chi connectivity index (χ2v) is 5.55. The summed E-state index contributed by atoms with van der Waals surface area (Å²) >= 11 is 6.16. The van der Waals surface area contributed by atoms with Gasteiger partial charge in [-0.2, -0.15) is 0 Å². The quantitative estimate of drug-likeness (QED) is 0.509. The smallest absolute Gasteiger partial charge is 0.347 e. The molecule has 0 fully saturated rings. The molecule has 132 valence electrons. The number of ether oxygens (including phenoxy) is 1. The molecule has 1 heterocycles. The Bertz CT molecular complexity index is 1110. The molecule has 8 nitrogen and oxygen atoms in total. The molecule has 0 aliphatic heterocycles. The Hall–Kier alpha value is -3.39. The van der Waals surface area contributed by atoms with Gasteiger partial charge in [-0.15, -0.1) is 0 Å². The van der Waals surface area contributed by atoms with Gasteiger partial charge in [0.25, 0.3) is 5.69 Å². The second-order valence-electron chi connectivity index (χ2n) is 5.14. The second kappa shape index (κ2) is 6.85. The number of benzene rings is 2. The molecule has 0 N–H and O–H groups in total. The minimum atomic E-state index is -0.846. The molecule has 26 heavy (non-hydrogen) atoms. The van der Waals surface area contributed by atoms with Crippen LogP contribution in [-0.2, 0) is 0 Å². The number of aromatic nitrogens is 1. The molecule has 0 atom stereocenters. The summed E-state index contributed by atoms with van der Waals surface area (Å²) in [7, 11) is 1.22. The van der Waals surface area contributed by atoms with Crippen molar-refractivity contribution in [3.05, 3.63) is 68.4 Å². The molecule has 1 aromatic heterocycles. The number of fused-ring (bicyclic) bond motifs is 1. The molecule has 9 heteroatoms. The van der Waals surface area contributed by atoms with E-state index in [0.29, 0.717) is 10.9 Å². The van der Waals surface area contributed by atoms with Crippen LogP contribution in [0.25, 0.3) is 22.0 Å². The monoisotopic (exact) mass is 373 g/mol. The Kier molecular flexibility index (Phi) is 4.59. The van der Waals surface area contributed by atoms with E-state index in [4.69, 9.17) is 20.8 Å². The van der Waals surface area contributed by atoms with Gasteiger partial charge < -0.3 is 14.3 Å². The Morgan fingerprint density at radius 2 is 2.08 bits per heavy atom. The summed E-state index contributed by atoms with van der Waals surface area (Å²) in [4.78, 5) is 26.4. The first kappa shape index (κ1) is 17.4. The summed E-state index contributed by atoms with van der Waals surface area (Å²) in [5, 5.41) is 23.1. The van der Waals surface area contributed by atoms with Crippen LogP contribution in [0, 0.1) is 10.1 Å². The van der Waals surface area contributed by atoms with Gasteiger partial charge in [0.15, 0.2) is 0 Å². The van der Waals surface area contributed by atoms with Gasteiger partial charge in [0, 0.05) is 11.8 Å². The van der Waals surface area contributed by atoms with Crippen LogP contribution in [-0.4, -0.2) is 17.0 Å². The lowest BCUT2D eigenvalue weighted by atomic mass is 10.1. The fraction of sp³-hybridized carbons (Fsp3) is 0.0588. The molecule has 3 aromatic rings. The maximum absolute atomic E-state index is 12.0. The van der Waals surface area contributed by atoms with Gasteiger partial charge in [-0.05, 0) is 29.8 Å². The van der Waals surface area contributed by atoms with Gasteiger partial charge in [-0.3, -0.25) is 10.1 Å². The maximum atomic E-state index is 12.0. The molecule has 0 bridgehead atoms. The number of methoxy groups -OCH3 is 1. The van der Waals surface area contributed by atoms with E-state index in [0.717, 1.165) is 6.07 Å². The first-order valence-electron chi connectivity index (χ1n) is 7.21. The highest BCUT2D eigenvalue weighted by atomic mass is 35.5. The molecular weight excluding hydrogens is 364 g/mol. The number of rotatable bonds is 4. The first-order chi connectivity index (χ1) is 12.4. The van der Waals surface area contributed by atoms with Gasteiger partial charge >= 0.3 is 5.63 Å². The maximum Gasteiger partial charge on any atom is 0.347 e. The summed E-state index contributed by atoms with van der Waals surface area (Å²) in [5.41, 5.74) is -0.664. The topological polar surface area (TPSA) is 119 Å². The van der Waals surface area contributed by atoms with Gasteiger partial charge in [0.05, 0.1) is 22.9 Å². The summed E-state index contributed by atoms with van der Waals surface area (Å²) in [5.74, 6) is -1.20. The molecule has 0 unspecified atom stereocenters. The fourth-order valence-electron chi connectivity index (χ4n) is 2.31. The van der Waals surface area contributed by atoms with E-state index in [9.17, 15) is 20.0 Å². The molecule has 0 amide bonds. The zero-order valence-corrected chi connectivity index (χ0v) is 14.0. The van der Waals surface area contributed by atoms with Crippen molar-refractivity contribution in [2.75, 3.05) is 7.11 Å². The molecule has 0 saturated heterocycles. The van der Waals surface area contributed by atoms with Gasteiger partial charge in [0.2, 0.25) is 5.89 Å². The SMILES string of the molecule is COc1cc(/C=C(\Cl)c2nc3ccccc3c(=O)o2)cc([N+](=O)[O-])c1[O-]. The lowest BCUT2D eigenvalue weighted by Crippen LogP contribution is -2.03. The fourth-order valence-corrected chi connectivity index (χ4v) is 2.51. The molecule has 0 saturated carbocycles. The van der Waals surface area contributed by atoms with Crippen LogP contribution in [0.5, 0.6) is 11.5 Å². The normalized spacial score (nSPS) is 11.5. The van der Waals surface area contributed by atoms with Crippen molar-refractivity contribution < 1.29 is 19.2 Å². The Labute approximate surface area is 151 Å². The highest BCUT2D eigenvalue weighted by Gasteiger charge is 2.14.